The molecule has 4 N–H and O–H groups in total. The van der Waals surface area contributed by atoms with Crippen molar-refractivity contribution in [3.8, 4) is 0 Å². The van der Waals surface area contributed by atoms with Crippen LogP contribution in [0.4, 0.5) is 0 Å². The van der Waals surface area contributed by atoms with E-state index in [4.69, 9.17) is 28.8 Å². The Kier molecular flexibility index (Phi) is 9.25. The first-order chi connectivity index (χ1) is 8.78. The lowest BCUT2D eigenvalue weighted by Crippen LogP contribution is -2.47. The van der Waals surface area contributed by atoms with Crippen molar-refractivity contribution in [1.82, 2.24) is 0 Å². The number of phosphoric ester groups is 1. The molecule has 0 rings (SSSR count). The molecule has 10 heteroatoms. The quantitative estimate of drug-likeness (QED) is 0.291. The van der Waals surface area contributed by atoms with Crippen molar-refractivity contribution in [2.75, 3.05) is 19.8 Å². The molecule has 0 fully saturated rings. The number of nitrogens with two attached hydrogens (primary N) is 1. The first-order valence-corrected chi connectivity index (χ1v) is 9.66. The van der Waals surface area contributed by atoms with Crippen molar-refractivity contribution in [3.05, 3.63) is 0 Å². The van der Waals surface area contributed by atoms with Gasteiger partial charge in [-0.15, -0.1) is 0 Å². The average molecular weight is 317 g/mol. The van der Waals surface area contributed by atoms with Crippen LogP contribution in [-0.2, 0) is 22.4 Å². The highest BCUT2D eigenvalue weighted by molar-refractivity contribution is 7.46. The summed E-state index contributed by atoms with van der Waals surface area (Å²) in [5.74, 6) is 0. The van der Waals surface area contributed by atoms with Gasteiger partial charge in [0.15, 0.2) is 0 Å². The van der Waals surface area contributed by atoms with E-state index in [0.717, 1.165) is 0 Å². The van der Waals surface area contributed by atoms with Gasteiger partial charge in [-0.05, 0) is 27.2 Å². The van der Waals surface area contributed by atoms with E-state index in [-0.39, 0.29) is 6.42 Å². The SMILES string of the molecule is CCO[Si](CCC(N)OP(=O)(O)O)(OCC)OCC. The molecule has 0 heterocycles. The normalized spacial score (nSPS) is 14.6. The summed E-state index contributed by atoms with van der Waals surface area (Å²) < 4.78 is 31.8. The smallest absolute Gasteiger partial charge is 0.374 e. The molecule has 0 aliphatic heterocycles. The third kappa shape index (κ3) is 8.85. The maximum absolute atomic E-state index is 10.7. The van der Waals surface area contributed by atoms with Crippen molar-refractivity contribution >= 4 is 16.6 Å². The van der Waals surface area contributed by atoms with E-state index in [1.54, 1.807) is 0 Å². The predicted molar refractivity (Wildman–Crippen MR) is 71.2 cm³/mol. The van der Waals surface area contributed by atoms with Gasteiger partial charge in [-0.1, -0.05) is 0 Å². The van der Waals surface area contributed by atoms with Crippen LogP contribution in [-0.4, -0.2) is 44.6 Å². The Hall–Kier alpha value is 0.167. The molecule has 0 aromatic carbocycles. The lowest BCUT2D eigenvalue weighted by molar-refractivity contribution is 0.0643. The second kappa shape index (κ2) is 9.17. The molecule has 0 saturated heterocycles. The molecular formula is C9H24NO7PSi. The highest BCUT2D eigenvalue weighted by Gasteiger charge is 2.40. The first-order valence-electron chi connectivity index (χ1n) is 6.20. The summed E-state index contributed by atoms with van der Waals surface area (Å²) in [6, 6.07) is 0.337. The van der Waals surface area contributed by atoms with Gasteiger partial charge in [0.2, 0.25) is 0 Å². The Morgan fingerprint density at radius 2 is 1.53 bits per heavy atom. The Labute approximate surface area is 114 Å². The van der Waals surface area contributed by atoms with Crippen LogP contribution >= 0.6 is 7.82 Å². The van der Waals surface area contributed by atoms with Crippen LogP contribution in [0, 0.1) is 0 Å². The van der Waals surface area contributed by atoms with Gasteiger partial charge in [0.1, 0.15) is 6.23 Å². The van der Waals surface area contributed by atoms with Crippen molar-refractivity contribution in [2.45, 2.75) is 39.5 Å². The number of rotatable bonds is 11. The van der Waals surface area contributed by atoms with Crippen LogP contribution < -0.4 is 5.73 Å². The largest absolute Gasteiger partial charge is 0.501 e. The Morgan fingerprint density at radius 1 is 1.11 bits per heavy atom. The molecule has 0 aromatic rings. The van der Waals surface area contributed by atoms with Crippen LogP contribution in [0.25, 0.3) is 0 Å². The van der Waals surface area contributed by atoms with Crippen LogP contribution in [0.1, 0.15) is 27.2 Å². The minimum absolute atomic E-state index is 0.178. The molecular weight excluding hydrogens is 293 g/mol. The average Bonchev–Trinajstić information content (AvgIpc) is 2.25. The highest BCUT2D eigenvalue weighted by Crippen LogP contribution is 2.37. The third-order valence-corrected chi connectivity index (χ3v) is 5.73. The zero-order chi connectivity index (χ0) is 14.9. The van der Waals surface area contributed by atoms with Gasteiger partial charge in [-0.2, -0.15) is 0 Å². The third-order valence-electron chi connectivity index (χ3n) is 2.10. The highest BCUT2D eigenvalue weighted by atomic mass is 31.2. The molecule has 1 atom stereocenters. The van der Waals surface area contributed by atoms with Gasteiger partial charge in [-0.3, -0.25) is 4.52 Å². The molecule has 1 unspecified atom stereocenters. The van der Waals surface area contributed by atoms with E-state index in [2.05, 4.69) is 4.52 Å². The lowest BCUT2D eigenvalue weighted by Gasteiger charge is -2.29. The summed E-state index contributed by atoms with van der Waals surface area (Å²) in [7, 11) is -7.43. The van der Waals surface area contributed by atoms with Gasteiger partial charge < -0.3 is 28.8 Å². The molecule has 0 bridgehead atoms. The molecule has 116 valence electrons. The topological polar surface area (TPSA) is 120 Å². The van der Waals surface area contributed by atoms with E-state index >= 15 is 0 Å². The molecule has 19 heavy (non-hydrogen) atoms. The predicted octanol–water partition coefficient (Wildman–Crippen LogP) is 0.819. The molecule has 0 radical (unpaired) electrons. The molecule has 0 aromatic heterocycles. The maximum Gasteiger partial charge on any atom is 0.501 e. The summed E-state index contributed by atoms with van der Waals surface area (Å²) in [6.45, 7) is 6.77. The number of hydrogen-bond donors (Lipinski definition) is 3. The summed E-state index contributed by atoms with van der Waals surface area (Å²) in [6.07, 6.45) is -0.911. The van der Waals surface area contributed by atoms with Crippen molar-refractivity contribution < 1.29 is 32.2 Å². The number of phosphoric acid groups is 1. The zero-order valence-electron chi connectivity index (χ0n) is 11.6. The van der Waals surface area contributed by atoms with Crippen molar-refractivity contribution in [1.29, 1.82) is 0 Å². The van der Waals surface area contributed by atoms with Crippen LogP contribution in [0.3, 0.4) is 0 Å². The summed E-state index contributed by atoms with van der Waals surface area (Å²) in [5.41, 5.74) is 5.50. The fourth-order valence-electron chi connectivity index (χ4n) is 1.55. The van der Waals surface area contributed by atoms with E-state index in [0.29, 0.717) is 25.9 Å². The second-order valence-corrected chi connectivity index (χ2v) is 7.58. The maximum atomic E-state index is 10.7. The van der Waals surface area contributed by atoms with Crippen molar-refractivity contribution in [3.63, 3.8) is 0 Å². The van der Waals surface area contributed by atoms with E-state index in [9.17, 15) is 4.57 Å². The standard InChI is InChI=1S/C9H24NO7PSi/c1-4-14-19(15-5-2,16-6-3)8-7-9(10)17-18(11,12)13/h9H,4-8,10H2,1-3H3,(H2,11,12,13). The molecule has 0 aliphatic carbocycles. The van der Waals surface area contributed by atoms with Gasteiger partial charge in [0.25, 0.3) is 0 Å². The molecule has 0 spiro atoms. The van der Waals surface area contributed by atoms with Crippen LogP contribution in [0.2, 0.25) is 6.04 Å². The Bertz CT molecular complexity index is 271. The number of hydrogen-bond acceptors (Lipinski definition) is 6. The van der Waals surface area contributed by atoms with Crippen molar-refractivity contribution in [2.24, 2.45) is 5.73 Å². The monoisotopic (exact) mass is 317 g/mol. The van der Waals surface area contributed by atoms with Gasteiger partial charge in [0, 0.05) is 25.9 Å². The molecule has 8 nitrogen and oxygen atoms in total. The van der Waals surface area contributed by atoms with E-state index < -0.39 is 22.9 Å². The minimum atomic E-state index is -4.58. The van der Waals surface area contributed by atoms with Gasteiger partial charge in [0.05, 0.1) is 0 Å². The summed E-state index contributed by atoms with van der Waals surface area (Å²) in [4.78, 5) is 17.3. The fourth-order valence-corrected chi connectivity index (χ4v) is 4.65. The minimum Gasteiger partial charge on any atom is -0.374 e. The van der Waals surface area contributed by atoms with Crippen LogP contribution in [0.5, 0.6) is 0 Å². The molecule has 0 aliphatic rings. The zero-order valence-corrected chi connectivity index (χ0v) is 13.5. The summed E-state index contributed by atoms with van der Waals surface area (Å²) >= 11 is 0. The van der Waals surface area contributed by atoms with Gasteiger partial charge in [-0.25, -0.2) is 4.57 Å². The Balaban J connectivity index is 4.50. The lowest BCUT2D eigenvalue weighted by atomic mass is 10.4. The Morgan fingerprint density at radius 3 is 1.84 bits per heavy atom. The first kappa shape index (κ1) is 19.2. The second-order valence-electron chi connectivity index (χ2n) is 3.66. The molecule has 0 amide bonds. The summed E-state index contributed by atoms with van der Waals surface area (Å²) in [5, 5.41) is 0. The van der Waals surface area contributed by atoms with Crippen LogP contribution in [0.15, 0.2) is 0 Å². The molecule has 0 saturated carbocycles. The van der Waals surface area contributed by atoms with Gasteiger partial charge >= 0.3 is 16.6 Å². The van der Waals surface area contributed by atoms with E-state index in [1.807, 2.05) is 20.8 Å². The van der Waals surface area contributed by atoms with E-state index in [1.165, 1.54) is 0 Å². The fraction of sp³-hybridized carbons (Fsp3) is 1.00.